The summed E-state index contributed by atoms with van der Waals surface area (Å²) in [5, 5.41) is 0. The van der Waals surface area contributed by atoms with Gasteiger partial charge in [0.2, 0.25) is 0 Å². The summed E-state index contributed by atoms with van der Waals surface area (Å²) in [6.45, 7) is 1.49. The first-order valence-corrected chi connectivity index (χ1v) is 6.00. The molecule has 0 aliphatic carbocycles. The van der Waals surface area contributed by atoms with Crippen LogP contribution in [-0.4, -0.2) is 18.8 Å². The highest BCUT2D eigenvalue weighted by Gasteiger charge is 2.06. The zero-order valence-corrected chi connectivity index (χ0v) is 9.12. The van der Waals surface area contributed by atoms with Crippen molar-refractivity contribution in [2.45, 2.75) is 19.1 Å². The molecular formula is C10H12O4S. The maximum absolute atomic E-state index is 10.8. The number of ketones is 1. The van der Waals surface area contributed by atoms with Gasteiger partial charge in [-0.05, 0) is 18.1 Å². The quantitative estimate of drug-likeness (QED) is 0.786. The lowest BCUT2D eigenvalue weighted by Gasteiger charge is -2.01. The molecule has 5 heteroatoms. The molecule has 0 aliphatic rings. The first kappa shape index (κ1) is 11.9. The number of rotatable bonds is 4. The summed E-state index contributed by atoms with van der Waals surface area (Å²) in [5.41, 5.74) is 1.34. The van der Waals surface area contributed by atoms with Gasteiger partial charge in [0.05, 0.1) is 0 Å². The lowest BCUT2D eigenvalue weighted by atomic mass is 10.1. The fraction of sp³-hybridized carbons (Fsp3) is 0.300. The van der Waals surface area contributed by atoms with E-state index in [4.69, 9.17) is 4.55 Å². The third kappa shape index (κ3) is 4.71. The Morgan fingerprint density at radius 1 is 1.20 bits per heavy atom. The molecule has 1 aromatic carbocycles. The zero-order valence-electron chi connectivity index (χ0n) is 8.30. The van der Waals surface area contributed by atoms with Gasteiger partial charge in [0, 0.05) is 6.42 Å². The fourth-order valence-corrected chi connectivity index (χ4v) is 1.87. The van der Waals surface area contributed by atoms with Crippen molar-refractivity contribution in [2.75, 3.05) is 0 Å². The maximum atomic E-state index is 10.8. The number of benzene rings is 1. The summed E-state index contributed by atoms with van der Waals surface area (Å²) in [7, 11) is -3.98. The van der Waals surface area contributed by atoms with E-state index < -0.39 is 15.9 Å². The molecule has 0 unspecified atom stereocenters. The van der Waals surface area contributed by atoms with Gasteiger partial charge in [-0.3, -0.25) is 9.35 Å². The molecule has 0 fully saturated rings. The number of carbonyl (C=O) groups is 1. The minimum Gasteiger partial charge on any atom is -0.300 e. The molecule has 0 radical (unpaired) electrons. The van der Waals surface area contributed by atoms with Gasteiger partial charge in [-0.25, -0.2) is 0 Å². The average molecular weight is 228 g/mol. The van der Waals surface area contributed by atoms with E-state index in [2.05, 4.69) is 0 Å². The highest BCUT2D eigenvalue weighted by molar-refractivity contribution is 7.85. The molecule has 1 rings (SSSR count). The molecule has 0 amide bonds. The highest BCUT2D eigenvalue weighted by atomic mass is 32.2. The minimum absolute atomic E-state index is 0.0533. The SMILES string of the molecule is CC(=O)Cc1ccc(CS(=O)(=O)O)cc1. The predicted octanol–water partition coefficient (Wildman–Crippen LogP) is 1.21. The number of carbonyl (C=O) groups excluding carboxylic acids is 1. The average Bonchev–Trinajstić information content (AvgIpc) is 2.05. The minimum atomic E-state index is -3.98. The summed E-state index contributed by atoms with van der Waals surface area (Å²) in [5.74, 6) is -0.342. The second kappa shape index (κ2) is 4.55. The van der Waals surface area contributed by atoms with E-state index in [1.54, 1.807) is 24.3 Å². The summed E-state index contributed by atoms with van der Waals surface area (Å²) in [6.07, 6.45) is 0.339. The van der Waals surface area contributed by atoms with E-state index in [-0.39, 0.29) is 5.78 Å². The van der Waals surface area contributed by atoms with Gasteiger partial charge in [-0.1, -0.05) is 24.3 Å². The Kier molecular flexibility index (Phi) is 3.60. The van der Waals surface area contributed by atoms with Crippen LogP contribution < -0.4 is 0 Å². The summed E-state index contributed by atoms with van der Waals surface area (Å²) in [6, 6.07) is 6.54. The lowest BCUT2D eigenvalue weighted by molar-refractivity contribution is -0.116. The van der Waals surface area contributed by atoms with Gasteiger partial charge in [0.15, 0.2) is 0 Å². The van der Waals surface area contributed by atoms with Crippen molar-refractivity contribution in [2.24, 2.45) is 0 Å². The molecule has 0 aromatic heterocycles. The molecule has 15 heavy (non-hydrogen) atoms. The third-order valence-corrected chi connectivity index (χ3v) is 2.52. The molecule has 1 N–H and O–H groups in total. The van der Waals surface area contributed by atoms with Crippen LogP contribution in [0.5, 0.6) is 0 Å². The molecule has 1 aromatic rings. The van der Waals surface area contributed by atoms with Crippen molar-refractivity contribution in [3.8, 4) is 0 Å². The Morgan fingerprint density at radius 2 is 1.67 bits per heavy atom. The molecule has 0 heterocycles. The van der Waals surface area contributed by atoms with E-state index in [1.165, 1.54) is 6.92 Å². The smallest absolute Gasteiger partial charge is 0.269 e. The molecule has 0 aliphatic heterocycles. The van der Waals surface area contributed by atoms with Gasteiger partial charge in [-0.15, -0.1) is 0 Å². The van der Waals surface area contributed by atoms with Crippen molar-refractivity contribution in [1.82, 2.24) is 0 Å². The lowest BCUT2D eigenvalue weighted by Crippen LogP contribution is -2.02. The van der Waals surface area contributed by atoms with Crippen LogP contribution >= 0.6 is 0 Å². The van der Waals surface area contributed by atoms with Gasteiger partial charge in [-0.2, -0.15) is 8.42 Å². The first-order chi connectivity index (χ1) is 6.87. The van der Waals surface area contributed by atoms with Gasteiger partial charge >= 0.3 is 0 Å². The van der Waals surface area contributed by atoms with Crippen LogP contribution in [-0.2, 0) is 27.1 Å². The predicted molar refractivity (Wildman–Crippen MR) is 56.1 cm³/mol. The molecule has 82 valence electrons. The van der Waals surface area contributed by atoms with E-state index >= 15 is 0 Å². The second-order valence-electron chi connectivity index (χ2n) is 3.42. The topological polar surface area (TPSA) is 71.4 Å². The summed E-state index contributed by atoms with van der Waals surface area (Å²) >= 11 is 0. The molecule has 0 saturated carbocycles. The van der Waals surface area contributed by atoms with Crippen molar-refractivity contribution in [3.63, 3.8) is 0 Å². The van der Waals surface area contributed by atoms with Gasteiger partial charge < -0.3 is 0 Å². The van der Waals surface area contributed by atoms with Gasteiger partial charge in [0.25, 0.3) is 10.1 Å². The monoisotopic (exact) mass is 228 g/mol. The summed E-state index contributed by atoms with van der Waals surface area (Å²) in [4.78, 5) is 10.8. The molecule has 4 nitrogen and oxygen atoms in total. The number of Topliss-reactive ketones (excluding diaryl/α,β-unsaturated/α-hetero) is 1. The molecule has 0 spiro atoms. The van der Waals surface area contributed by atoms with Crippen molar-refractivity contribution in [1.29, 1.82) is 0 Å². The van der Waals surface area contributed by atoms with Crippen LogP contribution in [0.4, 0.5) is 0 Å². The zero-order chi connectivity index (χ0) is 11.5. The number of hydrogen-bond acceptors (Lipinski definition) is 3. The standard InChI is InChI=1S/C10H12O4S/c1-8(11)6-9-2-4-10(5-3-9)7-15(12,13)14/h2-5H,6-7H2,1H3,(H,12,13,14). The molecule has 0 bridgehead atoms. The van der Waals surface area contributed by atoms with Crippen LogP contribution in [0, 0.1) is 0 Å². The van der Waals surface area contributed by atoms with Crippen molar-refractivity contribution >= 4 is 15.9 Å². The Balaban J connectivity index is 2.77. The Hall–Kier alpha value is -1.20. The van der Waals surface area contributed by atoms with E-state index in [0.717, 1.165) is 5.56 Å². The normalized spacial score (nSPS) is 11.3. The fourth-order valence-electron chi connectivity index (χ4n) is 1.25. The maximum Gasteiger partial charge on any atom is 0.269 e. The van der Waals surface area contributed by atoms with Crippen LogP contribution in [0.2, 0.25) is 0 Å². The Bertz CT molecular complexity index is 445. The van der Waals surface area contributed by atoms with Gasteiger partial charge in [0.1, 0.15) is 11.5 Å². The van der Waals surface area contributed by atoms with Crippen LogP contribution in [0.25, 0.3) is 0 Å². The van der Waals surface area contributed by atoms with Crippen LogP contribution in [0.15, 0.2) is 24.3 Å². The van der Waals surface area contributed by atoms with Crippen molar-refractivity contribution < 1.29 is 17.8 Å². The molecular weight excluding hydrogens is 216 g/mol. The number of hydrogen-bond donors (Lipinski definition) is 1. The first-order valence-electron chi connectivity index (χ1n) is 4.39. The van der Waals surface area contributed by atoms with Crippen molar-refractivity contribution in [3.05, 3.63) is 35.4 Å². The Morgan fingerprint density at radius 3 is 2.07 bits per heavy atom. The largest absolute Gasteiger partial charge is 0.300 e. The van der Waals surface area contributed by atoms with Crippen LogP contribution in [0.3, 0.4) is 0 Å². The van der Waals surface area contributed by atoms with Crippen LogP contribution in [0.1, 0.15) is 18.1 Å². The second-order valence-corrected chi connectivity index (χ2v) is 4.87. The third-order valence-electron chi connectivity index (χ3n) is 1.83. The van der Waals surface area contributed by atoms with E-state index in [0.29, 0.717) is 12.0 Å². The summed E-state index contributed by atoms with van der Waals surface area (Å²) < 4.78 is 29.7. The molecule has 0 saturated heterocycles. The van der Waals surface area contributed by atoms with E-state index in [1.807, 2.05) is 0 Å². The Labute approximate surface area is 88.7 Å². The molecule has 0 atom stereocenters. The highest BCUT2D eigenvalue weighted by Crippen LogP contribution is 2.08. The van der Waals surface area contributed by atoms with E-state index in [9.17, 15) is 13.2 Å².